The fraction of sp³-hybridized carbons (Fsp3) is 0.188. The lowest BCUT2D eigenvalue weighted by Crippen LogP contribution is -2.16. The molecule has 23 heavy (non-hydrogen) atoms. The largest absolute Gasteiger partial charge is 0.469 e. The number of anilines is 1. The maximum Gasteiger partial charge on any atom is 0.228 e. The summed E-state index contributed by atoms with van der Waals surface area (Å²) < 4.78 is 6.90. The Hall–Kier alpha value is -2.60. The number of nitrogens with zero attached hydrogens (tertiary/aromatic N) is 3. The molecule has 1 saturated carbocycles. The van der Waals surface area contributed by atoms with Gasteiger partial charge in [0.15, 0.2) is 0 Å². The standard InChI is InChI=1S/C16H13ClN4O2/c17-12-3-1-4-13(15(12)21-9-18-8-19-21)20-16(22)11-7-10(11)14-5-2-6-23-14/h1-6,8-11H,7H2,(H,20,22). The van der Waals surface area contributed by atoms with E-state index < -0.39 is 0 Å². The van der Waals surface area contributed by atoms with Crippen LogP contribution in [0.5, 0.6) is 0 Å². The van der Waals surface area contributed by atoms with E-state index in [9.17, 15) is 4.79 Å². The van der Waals surface area contributed by atoms with E-state index in [4.69, 9.17) is 16.0 Å². The molecule has 3 aromatic rings. The van der Waals surface area contributed by atoms with E-state index in [0.717, 1.165) is 12.2 Å². The highest BCUT2D eigenvalue weighted by molar-refractivity contribution is 6.33. The lowest BCUT2D eigenvalue weighted by atomic mass is 10.2. The molecule has 6 nitrogen and oxygen atoms in total. The Kier molecular flexibility index (Phi) is 3.38. The number of benzene rings is 1. The number of hydrogen-bond donors (Lipinski definition) is 1. The molecule has 0 saturated heterocycles. The zero-order valence-corrected chi connectivity index (χ0v) is 12.8. The summed E-state index contributed by atoms with van der Waals surface area (Å²) in [6.07, 6.45) is 5.38. The number of carbonyl (C=O) groups excluding carboxylic acids is 1. The highest BCUT2D eigenvalue weighted by atomic mass is 35.5. The number of furan rings is 1. The summed E-state index contributed by atoms with van der Waals surface area (Å²) in [6.45, 7) is 0. The van der Waals surface area contributed by atoms with Gasteiger partial charge in [0.25, 0.3) is 0 Å². The molecule has 7 heteroatoms. The molecular formula is C16H13ClN4O2. The quantitative estimate of drug-likeness (QED) is 0.797. The molecule has 0 spiro atoms. The number of halogens is 1. The van der Waals surface area contributed by atoms with Gasteiger partial charge in [-0.3, -0.25) is 4.79 Å². The van der Waals surface area contributed by atoms with Crippen LogP contribution < -0.4 is 5.32 Å². The average molecular weight is 329 g/mol. The molecule has 2 unspecified atom stereocenters. The molecule has 1 fully saturated rings. The maximum absolute atomic E-state index is 12.5. The van der Waals surface area contributed by atoms with E-state index in [2.05, 4.69) is 15.4 Å². The zero-order chi connectivity index (χ0) is 15.8. The molecule has 1 aliphatic rings. The fourth-order valence-electron chi connectivity index (χ4n) is 2.70. The van der Waals surface area contributed by atoms with E-state index in [1.54, 1.807) is 30.8 Å². The van der Waals surface area contributed by atoms with Crippen LogP contribution in [0, 0.1) is 5.92 Å². The molecule has 0 bridgehead atoms. The van der Waals surface area contributed by atoms with Crippen LogP contribution in [0.25, 0.3) is 5.69 Å². The molecule has 0 radical (unpaired) electrons. The van der Waals surface area contributed by atoms with Crippen LogP contribution in [0.1, 0.15) is 18.1 Å². The first-order valence-corrected chi connectivity index (χ1v) is 7.59. The number of para-hydroxylation sites is 1. The summed E-state index contributed by atoms with van der Waals surface area (Å²) in [4.78, 5) is 16.4. The van der Waals surface area contributed by atoms with Crippen LogP contribution in [0.15, 0.2) is 53.7 Å². The Morgan fingerprint density at radius 3 is 3.00 bits per heavy atom. The van der Waals surface area contributed by atoms with E-state index in [-0.39, 0.29) is 17.7 Å². The number of aromatic nitrogens is 3. The number of carbonyl (C=O) groups is 1. The smallest absolute Gasteiger partial charge is 0.228 e. The summed E-state index contributed by atoms with van der Waals surface area (Å²) in [5.41, 5.74) is 1.22. The van der Waals surface area contributed by atoms with Crippen molar-refractivity contribution in [3.8, 4) is 5.69 Å². The molecule has 0 aliphatic heterocycles. The van der Waals surface area contributed by atoms with Crippen molar-refractivity contribution in [2.75, 3.05) is 5.32 Å². The van der Waals surface area contributed by atoms with Gasteiger partial charge in [0.1, 0.15) is 24.1 Å². The lowest BCUT2D eigenvalue weighted by molar-refractivity contribution is -0.117. The predicted molar refractivity (Wildman–Crippen MR) is 84.6 cm³/mol. The molecule has 1 amide bonds. The Balaban J connectivity index is 1.56. The normalized spacial score (nSPS) is 19.5. The van der Waals surface area contributed by atoms with Gasteiger partial charge in [-0.05, 0) is 30.7 Å². The van der Waals surface area contributed by atoms with E-state index in [0.29, 0.717) is 16.4 Å². The van der Waals surface area contributed by atoms with Gasteiger partial charge in [-0.2, -0.15) is 5.10 Å². The second-order valence-corrected chi connectivity index (χ2v) is 5.84. The minimum atomic E-state index is -0.0799. The molecule has 1 aromatic carbocycles. The van der Waals surface area contributed by atoms with Crippen molar-refractivity contribution in [2.45, 2.75) is 12.3 Å². The topological polar surface area (TPSA) is 73.0 Å². The molecule has 1 N–H and O–H groups in total. The zero-order valence-electron chi connectivity index (χ0n) is 12.0. The van der Waals surface area contributed by atoms with Gasteiger partial charge in [0.05, 0.1) is 17.0 Å². The SMILES string of the molecule is O=C(Nc1cccc(Cl)c1-n1cncn1)C1CC1c1ccco1. The van der Waals surface area contributed by atoms with Crippen molar-refractivity contribution >= 4 is 23.2 Å². The van der Waals surface area contributed by atoms with Crippen molar-refractivity contribution in [3.63, 3.8) is 0 Å². The summed E-state index contributed by atoms with van der Waals surface area (Å²) in [6, 6.07) is 9.07. The Labute approximate surface area is 137 Å². The first-order chi connectivity index (χ1) is 11.2. The van der Waals surface area contributed by atoms with E-state index in [1.165, 1.54) is 11.0 Å². The van der Waals surface area contributed by atoms with Crippen LogP contribution in [0.3, 0.4) is 0 Å². The lowest BCUT2D eigenvalue weighted by Gasteiger charge is -2.12. The van der Waals surface area contributed by atoms with E-state index >= 15 is 0 Å². The highest BCUT2D eigenvalue weighted by Gasteiger charge is 2.46. The number of rotatable bonds is 4. The van der Waals surface area contributed by atoms with Gasteiger partial charge in [0, 0.05) is 11.8 Å². The van der Waals surface area contributed by atoms with Crippen LogP contribution >= 0.6 is 11.6 Å². The number of amides is 1. The molecule has 116 valence electrons. The summed E-state index contributed by atoms with van der Waals surface area (Å²) >= 11 is 6.25. The van der Waals surface area contributed by atoms with Crippen LogP contribution in [0.4, 0.5) is 5.69 Å². The van der Waals surface area contributed by atoms with Gasteiger partial charge < -0.3 is 9.73 Å². The van der Waals surface area contributed by atoms with Crippen molar-refractivity contribution in [1.29, 1.82) is 0 Å². The molecule has 2 aromatic heterocycles. The van der Waals surface area contributed by atoms with Gasteiger partial charge >= 0.3 is 0 Å². The molecule has 4 rings (SSSR count). The highest BCUT2D eigenvalue weighted by Crippen LogP contribution is 2.48. The summed E-state index contributed by atoms with van der Waals surface area (Å²) in [5.74, 6) is 0.880. The third-order valence-electron chi connectivity index (χ3n) is 3.93. The van der Waals surface area contributed by atoms with Gasteiger partial charge in [-0.25, -0.2) is 9.67 Å². The Bertz CT molecular complexity index is 830. The third kappa shape index (κ3) is 2.61. The minimum absolute atomic E-state index is 0.0463. The second kappa shape index (κ2) is 5.55. The monoisotopic (exact) mass is 328 g/mol. The van der Waals surface area contributed by atoms with Crippen molar-refractivity contribution in [3.05, 3.63) is 60.0 Å². The van der Waals surface area contributed by atoms with Crippen molar-refractivity contribution < 1.29 is 9.21 Å². The first kappa shape index (κ1) is 14.0. The van der Waals surface area contributed by atoms with Gasteiger partial charge in [-0.1, -0.05) is 17.7 Å². The summed E-state index contributed by atoms with van der Waals surface area (Å²) in [7, 11) is 0. The second-order valence-electron chi connectivity index (χ2n) is 5.43. The summed E-state index contributed by atoms with van der Waals surface area (Å²) in [5, 5.41) is 7.52. The Morgan fingerprint density at radius 2 is 2.26 bits per heavy atom. The fourth-order valence-corrected chi connectivity index (χ4v) is 2.96. The van der Waals surface area contributed by atoms with Crippen LogP contribution in [-0.4, -0.2) is 20.7 Å². The first-order valence-electron chi connectivity index (χ1n) is 7.22. The maximum atomic E-state index is 12.5. The average Bonchev–Trinajstić information content (AvgIpc) is 2.95. The van der Waals surface area contributed by atoms with Crippen molar-refractivity contribution in [1.82, 2.24) is 14.8 Å². The molecule has 2 atom stereocenters. The van der Waals surface area contributed by atoms with E-state index in [1.807, 2.05) is 12.1 Å². The van der Waals surface area contributed by atoms with Gasteiger partial charge in [-0.15, -0.1) is 0 Å². The minimum Gasteiger partial charge on any atom is -0.469 e. The molecular weight excluding hydrogens is 316 g/mol. The molecule has 1 aliphatic carbocycles. The number of nitrogens with one attached hydrogen (secondary N) is 1. The molecule has 2 heterocycles. The van der Waals surface area contributed by atoms with Crippen LogP contribution in [0.2, 0.25) is 5.02 Å². The predicted octanol–water partition coefficient (Wildman–Crippen LogP) is 3.26. The van der Waals surface area contributed by atoms with Crippen LogP contribution in [-0.2, 0) is 4.79 Å². The third-order valence-corrected chi connectivity index (χ3v) is 4.23. The Morgan fingerprint density at radius 1 is 1.35 bits per heavy atom. The van der Waals surface area contributed by atoms with Crippen molar-refractivity contribution in [2.24, 2.45) is 5.92 Å². The van der Waals surface area contributed by atoms with Gasteiger partial charge in [0.2, 0.25) is 5.91 Å². The number of hydrogen-bond acceptors (Lipinski definition) is 4.